The van der Waals surface area contributed by atoms with Crippen LogP contribution in [0.5, 0.6) is 0 Å². The molecule has 0 bridgehead atoms. The standard InChI is InChI=1S/C21H19F3N5O3S.Na/c1-33(31,32)28-15-6-3-13(4-7-15)18-12-26-20-19(25-9-2-10-30)27-16-11-14(21(22,23)24)5-8-17(16)29(18)20;/h3-8,11-12,30H,2,9-10H2,1H3,(H,25,27);/q-1;+1. The molecule has 0 aliphatic heterocycles. The van der Waals surface area contributed by atoms with Crippen molar-refractivity contribution in [3.05, 3.63) is 58.9 Å². The van der Waals surface area contributed by atoms with Crippen molar-refractivity contribution in [3.8, 4) is 11.3 Å². The number of hydrogen-bond acceptors (Lipinski definition) is 6. The molecule has 0 amide bonds. The summed E-state index contributed by atoms with van der Waals surface area (Å²) < 4.78 is 67.9. The summed E-state index contributed by atoms with van der Waals surface area (Å²) in [6.45, 7) is 0.299. The Morgan fingerprint density at radius 1 is 1.15 bits per heavy atom. The summed E-state index contributed by atoms with van der Waals surface area (Å²) in [6.07, 6.45) is -1.54. The van der Waals surface area contributed by atoms with Gasteiger partial charge in [0.05, 0.1) is 38.5 Å². The topological polar surface area (TPSA) is 111 Å². The van der Waals surface area contributed by atoms with Gasteiger partial charge in [-0.1, -0.05) is 24.3 Å². The smallest absolute Gasteiger partial charge is 0.577 e. The fourth-order valence-corrected chi connectivity index (χ4v) is 3.91. The summed E-state index contributed by atoms with van der Waals surface area (Å²) >= 11 is 0. The third kappa shape index (κ3) is 5.63. The van der Waals surface area contributed by atoms with Crippen molar-refractivity contribution < 1.29 is 56.3 Å². The van der Waals surface area contributed by atoms with Gasteiger partial charge in [0.1, 0.15) is 0 Å². The number of alkyl halides is 3. The molecule has 13 heteroatoms. The number of fused-ring (bicyclic) bond motifs is 3. The predicted molar refractivity (Wildman–Crippen MR) is 119 cm³/mol. The van der Waals surface area contributed by atoms with Crippen LogP contribution in [0.3, 0.4) is 0 Å². The number of benzene rings is 2. The van der Waals surface area contributed by atoms with E-state index in [0.717, 1.165) is 18.4 Å². The van der Waals surface area contributed by atoms with E-state index in [1.54, 1.807) is 22.7 Å². The zero-order chi connectivity index (χ0) is 23.8. The van der Waals surface area contributed by atoms with Gasteiger partial charge in [-0.3, -0.25) is 4.40 Å². The number of aromatic nitrogens is 3. The average molecular weight is 501 g/mol. The molecule has 0 aliphatic rings. The third-order valence-corrected chi connectivity index (χ3v) is 5.35. The van der Waals surface area contributed by atoms with Gasteiger partial charge < -0.3 is 15.1 Å². The van der Waals surface area contributed by atoms with Crippen molar-refractivity contribution in [2.45, 2.75) is 12.6 Å². The van der Waals surface area contributed by atoms with Gasteiger partial charge in [-0.15, -0.1) is 5.69 Å². The van der Waals surface area contributed by atoms with E-state index >= 15 is 0 Å². The molecule has 2 heterocycles. The van der Waals surface area contributed by atoms with Crippen LogP contribution in [0.2, 0.25) is 0 Å². The Morgan fingerprint density at radius 2 is 1.85 bits per heavy atom. The van der Waals surface area contributed by atoms with E-state index in [1.165, 1.54) is 18.2 Å². The summed E-state index contributed by atoms with van der Waals surface area (Å²) in [6, 6.07) is 9.67. The predicted octanol–water partition coefficient (Wildman–Crippen LogP) is 1.33. The molecule has 0 unspecified atom stereocenters. The molecule has 34 heavy (non-hydrogen) atoms. The van der Waals surface area contributed by atoms with Gasteiger partial charge in [-0.25, -0.2) is 18.4 Å². The third-order valence-electron chi connectivity index (χ3n) is 4.81. The minimum atomic E-state index is -4.52. The quantitative estimate of drug-likeness (QED) is 0.292. The van der Waals surface area contributed by atoms with Gasteiger partial charge in [-0.05, 0) is 24.6 Å². The molecular weight excluding hydrogens is 482 g/mol. The molecule has 0 saturated heterocycles. The number of imidazole rings is 1. The van der Waals surface area contributed by atoms with Gasteiger partial charge in [0.15, 0.2) is 11.5 Å². The number of rotatable bonds is 7. The number of halogens is 3. The molecule has 4 aromatic rings. The number of sulfonamides is 1. The van der Waals surface area contributed by atoms with Crippen LogP contribution in [-0.4, -0.2) is 47.3 Å². The van der Waals surface area contributed by atoms with E-state index in [4.69, 9.17) is 5.11 Å². The Balaban J connectivity index is 0.00000324. The van der Waals surface area contributed by atoms with Crippen LogP contribution < -0.4 is 34.9 Å². The summed E-state index contributed by atoms with van der Waals surface area (Å²) in [5.74, 6) is 0.283. The maximum absolute atomic E-state index is 13.3. The van der Waals surface area contributed by atoms with Crippen LogP contribution in [0.1, 0.15) is 12.0 Å². The van der Waals surface area contributed by atoms with Crippen LogP contribution >= 0.6 is 0 Å². The van der Waals surface area contributed by atoms with E-state index in [9.17, 15) is 21.6 Å². The monoisotopic (exact) mass is 501 g/mol. The largest absolute Gasteiger partial charge is 1.00 e. The number of nitrogens with one attached hydrogen (secondary N) is 1. The first kappa shape index (κ1) is 26.2. The molecule has 0 aliphatic carbocycles. The molecule has 4 rings (SSSR count). The van der Waals surface area contributed by atoms with Gasteiger partial charge >= 0.3 is 35.7 Å². The van der Waals surface area contributed by atoms with E-state index in [0.29, 0.717) is 35.4 Å². The molecular formula is C21H19F3N5NaO3S. The molecule has 2 aromatic carbocycles. The minimum absolute atomic E-state index is 0. The van der Waals surface area contributed by atoms with E-state index in [-0.39, 0.29) is 53.2 Å². The fourth-order valence-electron chi connectivity index (χ4n) is 3.40. The SMILES string of the molecule is CS(=O)(=O)[N-]c1ccc(-c2cnc3c(NCCCO)nc4cc(C(F)(F)F)ccc4n23)cc1.[Na+]. The Bertz CT molecular complexity index is 1420. The first-order chi connectivity index (χ1) is 15.6. The summed E-state index contributed by atoms with van der Waals surface area (Å²) in [4.78, 5) is 8.76. The summed E-state index contributed by atoms with van der Waals surface area (Å²) in [5.41, 5.74) is 1.60. The first-order valence-corrected chi connectivity index (χ1v) is 11.7. The number of aliphatic hydroxyl groups excluding tert-OH is 1. The van der Waals surface area contributed by atoms with Crippen molar-refractivity contribution in [2.75, 3.05) is 24.7 Å². The Hall–Kier alpha value is -2.38. The number of anilines is 1. The normalized spacial score (nSPS) is 12.0. The molecule has 2 N–H and O–H groups in total. The van der Waals surface area contributed by atoms with Crippen molar-refractivity contribution in [3.63, 3.8) is 0 Å². The van der Waals surface area contributed by atoms with Gasteiger partial charge in [0.2, 0.25) is 0 Å². The second-order valence-electron chi connectivity index (χ2n) is 7.34. The molecule has 0 spiro atoms. The molecule has 0 atom stereocenters. The molecule has 0 saturated carbocycles. The maximum atomic E-state index is 13.3. The van der Waals surface area contributed by atoms with Crippen LogP contribution in [0, 0.1) is 0 Å². The second kappa shape index (κ2) is 10.1. The van der Waals surface area contributed by atoms with Crippen molar-refractivity contribution >= 4 is 38.2 Å². The van der Waals surface area contributed by atoms with Crippen molar-refractivity contribution in [2.24, 2.45) is 0 Å². The van der Waals surface area contributed by atoms with E-state index in [1.807, 2.05) is 0 Å². The Kier molecular flexibility index (Phi) is 7.78. The molecule has 174 valence electrons. The minimum Gasteiger partial charge on any atom is -0.577 e. The summed E-state index contributed by atoms with van der Waals surface area (Å²) in [5, 5.41) is 12.1. The zero-order valence-electron chi connectivity index (χ0n) is 18.3. The van der Waals surface area contributed by atoms with Crippen molar-refractivity contribution in [1.82, 2.24) is 14.4 Å². The first-order valence-electron chi connectivity index (χ1n) is 9.83. The second-order valence-corrected chi connectivity index (χ2v) is 8.99. The van der Waals surface area contributed by atoms with E-state index < -0.39 is 21.8 Å². The molecule has 2 aromatic heterocycles. The van der Waals surface area contributed by atoms with Gasteiger partial charge in [0.25, 0.3) is 0 Å². The molecule has 8 nitrogen and oxygen atoms in total. The molecule has 0 fully saturated rings. The Morgan fingerprint density at radius 3 is 2.47 bits per heavy atom. The van der Waals surface area contributed by atoms with Gasteiger partial charge in [-0.2, -0.15) is 13.2 Å². The average Bonchev–Trinajstić information content (AvgIpc) is 3.18. The number of nitrogens with zero attached hydrogens (tertiary/aromatic N) is 4. The Labute approximate surface area is 215 Å². The number of hydrogen-bond donors (Lipinski definition) is 2. The zero-order valence-corrected chi connectivity index (χ0v) is 21.2. The van der Waals surface area contributed by atoms with Crippen LogP contribution in [0.4, 0.5) is 24.7 Å². The van der Waals surface area contributed by atoms with Gasteiger partial charge in [0, 0.05) is 25.0 Å². The number of aliphatic hydroxyl groups is 1. The molecule has 0 radical (unpaired) electrons. The summed E-state index contributed by atoms with van der Waals surface area (Å²) in [7, 11) is -3.56. The van der Waals surface area contributed by atoms with E-state index in [2.05, 4.69) is 20.0 Å². The maximum Gasteiger partial charge on any atom is 1.00 e. The van der Waals surface area contributed by atoms with Crippen molar-refractivity contribution in [1.29, 1.82) is 0 Å². The fraction of sp³-hybridized carbons (Fsp3) is 0.238. The van der Waals surface area contributed by atoms with Crippen LogP contribution in [0.25, 0.3) is 32.7 Å². The van der Waals surface area contributed by atoms with Crippen LogP contribution in [0.15, 0.2) is 48.7 Å². The van der Waals surface area contributed by atoms with Crippen LogP contribution in [-0.2, 0) is 16.2 Å².